The van der Waals surface area contributed by atoms with E-state index in [4.69, 9.17) is 0 Å². The lowest BCUT2D eigenvalue weighted by Gasteiger charge is -2.18. The van der Waals surface area contributed by atoms with E-state index in [1.54, 1.807) is 12.5 Å². The molecule has 1 aliphatic rings. The van der Waals surface area contributed by atoms with E-state index in [2.05, 4.69) is 34.1 Å². The number of amidine groups is 1. The van der Waals surface area contributed by atoms with Crippen LogP contribution in [0.15, 0.2) is 23.6 Å². The summed E-state index contributed by atoms with van der Waals surface area (Å²) in [4.78, 5) is 12.7. The molecule has 1 atom stereocenters. The van der Waals surface area contributed by atoms with Gasteiger partial charge in [-0.25, -0.2) is 9.97 Å². The first-order valence-corrected chi connectivity index (χ1v) is 7.41. The molecule has 1 N–H and O–H groups in total. The molecule has 0 saturated carbocycles. The summed E-state index contributed by atoms with van der Waals surface area (Å²) in [7, 11) is 0. The van der Waals surface area contributed by atoms with E-state index in [0.29, 0.717) is 5.25 Å². The van der Waals surface area contributed by atoms with Crippen LogP contribution in [0.3, 0.4) is 0 Å². The zero-order valence-corrected chi connectivity index (χ0v) is 11.8. The van der Waals surface area contributed by atoms with Crippen LogP contribution in [0.5, 0.6) is 0 Å². The van der Waals surface area contributed by atoms with Gasteiger partial charge in [-0.15, -0.1) is 0 Å². The smallest absolute Gasteiger partial charge is 0.157 e. The second-order valence-electron chi connectivity index (χ2n) is 4.43. The lowest BCUT2D eigenvalue weighted by atomic mass is 9.99. The van der Waals surface area contributed by atoms with E-state index < -0.39 is 0 Å². The number of aromatic nitrogens is 2. The van der Waals surface area contributed by atoms with E-state index in [9.17, 15) is 0 Å². The fraction of sp³-hybridized carbons (Fsp3) is 0.615. The van der Waals surface area contributed by atoms with Crippen LogP contribution in [0.1, 0.15) is 32.4 Å². The van der Waals surface area contributed by atoms with E-state index >= 15 is 0 Å². The molecule has 0 spiro atoms. The standard InChI is InChI=1S/C13H20N4S/c1-3-10(4-2)12-8-16-13(18-12)15-7-11-5-6-14-9-17-11/h5-6,9-10,12H,3-4,7-8H2,1-2H3,(H,15,16). The Bertz CT molecular complexity index is 389. The van der Waals surface area contributed by atoms with Crippen LogP contribution in [0.2, 0.25) is 0 Å². The largest absolute Gasteiger partial charge is 0.359 e. The topological polar surface area (TPSA) is 50.2 Å². The van der Waals surface area contributed by atoms with Crippen LogP contribution in [0.4, 0.5) is 0 Å². The SMILES string of the molecule is CCC(CC)C1CN=C(NCc2ccncn2)S1. The van der Waals surface area contributed by atoms with Crippen LogP contribution in [-0.4, -0.2) is 26.9 Å². The monoisotopic (exact) mass is 264 g/mol. The van der Waals surface area contributed by atoms with Crippen molar-refractivity contribution in [3.63, 3.8) is 0 Å². The number of nitrogens with one attached hydrogen (secondary N) is 1. The van der Waals surface area contributed by atoms with Crippen molar-refractivity contribution in [2.45, 2.75) is 38.5 Å². The number of aliphatic imine (C=N–C) groups is 1. The van der Waals surface area contributed by atoms with Gasteiger partial charge in [0.15, 0.2) is 5.17 Å². The van der Waals surface area contributed by atoms with Crippen molar-refractivity contribution in [3.05, 3.63) is 24.3 Å². The molecule has 98 valence electrons. The molecular weight excluding hydrogens is 244 g/mol. The Hall–Kier alpha value is -1.10. The van der Waals surface area contributed by atoms with Gasteiger partial charge in [-0.1, -0.05) is 38.5 Å². The molecular formula is C13H20N4S. The van der Waals surface area contributed by atoms with E-state index in [0.717, 1.165) is 29.9 Å². The lowest BCUT2D eigenvalue weighted by molar-refractivity contribution is 0.479. The highest BCUT2D eigenvalue weighted by atomic mass is 32.2. The number of thioether (sulfide) groups is 1. The van der Waals surface area contributed by atoms with E-state index in [1.165, 1.54) is 12.8 Å². The Labute approximate surface area is 113 Å². The quantitative estimate of drug-likeness (QED) is 0.887. The highest BCUT2D eigenvalue weighted by Crippen LogP contribution is 2.30. The molecule has 18 heavy (non-hydrogen) atoms. The molecule has 0 radical (unpaired) electrons. The molecule has 5 heteroatoms. The van der Waals surface area contributed by atoms with Crippen LogP contribution in [0.25, 0.3) is 0 Å². The Kier molecular flexibility index (Phi) is 4.99. The molecule has 0 saturated heterocycles. The van der Waals surface area contributed by atoms with Gasteiger partial charge in [-0.3, -0.25) is 4.99 Å². The van der Waals surface area contributed by atoms with Gasteiger partial charge >= 0.3 is 0 Å². The summed E-state index contributed by atoms with van der Waals surface area (Å²) in [6.07, 6.45) is 5.82. The fourth-order valence-electron chi connectivity index (χ4n) is 2.14. The van der Waals surface area contributed by atoms with Crippen LogP contribution in [0, 0.1) is 5.92 Å². The van der Waals surface area contributed by atoms with Gasteiger partial charge in [-0.05, 0) is 12.0 Å². The minimum Gasteiger partial charge on any atom is -0.359 e. The second kappa shape index (κ2) is 6.73. The van der Waals surface area contributed by atoms with Gasteiger partial charge in [-0.2, -0.15) is 0 Å². The summed E-state index contributed by atoms with van der Waals surface area (Å²) in [5.74, 6) is 0.775. The van der Waals surface area contributed by atoms with Crippen molar-refractivity contribution in [2.75, 3.05) is 6.54 Å². The molecule has 1 unspecified atom stereocenters. The van der Waals surface area contributed by atoms with Crippen molar-refractivity contribution in [2.24, 2.45) is 10.9 Å². The second-order valence-corrected chi connectivity index (χ2v) is 5.66. The average molecular weight is 264 g/mol. The predicted molar refractivity (Wildman–Crippen MR) is 76.6 cm³/mol. The zero-order valence-electron chi connectivity index (χ0n) is 11.0. The first-order chi connectivity index (χ1) is 8.83. The third kappa shape index (κ3) is 3.45. The lowest BCUT2D eigenvalue weighted by Crippen LogP contribution is -2.21. The summed E-state index contributed by atoms with van der Waals surface area (Å²) < 4.78 is 0. The Morgan fingerprint density at radius 3 is 2.94 bits per heavy atom. The molecule has 1 aliphatic heterocycles. The third-order valence-electron chi connectivity index (χ3n) is 3.32. The highest BCUT2D eigenvalue weighted by molar-refractivity contribution is 8.14. The fourth-order valence-corrected chi connectivity index (χ4v) is 3.45. The van der Waals surface area contributed by atoms with Gasteiger partial charge < -0.3 is 5.32 Å². The predicted octanol–water partition coefficient (Wildman–Crippen LogP) is 2.47. The molecule has 0 fully saturated rings. The van der Waals surface area contributed by atoms with Crippen LogP contribution < -0.4 is 5.32 Å². The number of nitrogens with zero attached hydrogens (tertiary/aromatic N) is 3. The molecule has 2 heterocycles. The third-order valence-corrected chi connectivity index (χ3v) is 4.65. The summed E-state index contributed by atoms with van der Waals surface area (Å²) in [5, 5.41) is 5.06. The summed E-state index contributed by atoms with van der Waals surface area (Å²) in [6, 6.07) is 1.92. The summed E-state index contributed by atoms with van der Waals surface area (Å²) in [5.41, 5.74) is 0.999. The Morgan fingerprint density at radius 2 is 2.28 bits per heavy atom. The summed E-state index contributed by atoms with van der Waals surface area (Å²) >= 11 is 1.88. The molecule has 4 nitrogen and oxygen atoms in total. The van der Waals surface area contributed by atoms with Crippen molar-refractivity contribution in [1.29, 1.82) is 0 Å². The maximum Gasteiger partial charge on any atom is 0.157 e. The van der Waals surface area contributed by atoms with Crippen LogP contribution in [-0.2, 0) is 6.54 Å². The number of rotatable bonds is 5. The van der Waals surface area contributed by atoms with Crippen molar-refractivity contribution < 1.29 is 0 Å². The first kappa shape index (κ1) is 13.3. The zero-order chi connectivity index (χ0) is 12.8. The Morgan fingerprint density at radius 1 is 1.44 bits per heavy atom. The molecule has 1 aromatic rings. The van der Waals surface area contributed by atoms with Crippen LogP contribution >= 0.6 is 11.8 Å². The minimum atomic E-state index is 0.646. The molecule has 0 bridgehead atoms. The highest BCUT2D eigenvalue weighted by Gasteiger charge is 2.25. The minimum absolute atomic E-state index is 0.646. The van der Waals surface area contributed by atoms with Gasteiger partial charge in [0.25, 0.3) is 0 Å². The van der Waals surface area contributed by atoms with Gasteiger partial charge in [0, 0.05) is 11.4 Å². The van der Waals surface area contributed by atoms with Gasteiger partial charge in [0.05, 0.1) is 18.8 Å². The van der Waals surface area contributed by atoms with Crippen molar-refractivity contribution >= 4 is 16.9 Å². The van der Waals surface area contributed by atoms with Gasteiger partial charge in [0.1, 0.15) is 6.33 Å². The van der Waals surface area contributed by atoms with Crippen molar-refractivity contribution in [3.8, 4) is 0 Å². The normalized spacial score (nSPS) is 19.1. The maximum absolute atomic E-state index is 4.57. The number of hydrogen-bond donors (Lipinski definition) is 1. The molecule has 0 aliphatic carbocycles. The van der Waals surface area contributed by atoms with Crippen molar-refractivity contribution in [1.82, 2.24) is 15.3 Å². The molecule has 2 rings (SSSR count). The number of hydrogen-bond acceptors (Lipinski definition) is 5. The first-order valence-electron chi connectivity index (χ1n) is 6.53. The molecule has 0 aromatic carbocycles. The molecule has 1 aromatic heterocycles. The van der Waals surface area contributed by atoms with E-state index in [-0.39, 0.29) is 0 Å². The molecule has 0 amide bonds. The average Bonchev–Trinajstić information content (AvgIpc) is 2.88. The summed E-state index contributed by atoms with van der Waals surface area (Å²) in [6.45, 7) is 6.20. The van der Waals surface area contributed by atoms with E-state index in [1.807, 2.05) is 17.8 Å². The maximum atomic E-state index is 4.57. The van der Waals surface area contributed by atoms with Gasteiger partial charge in [0.2, 0.25) is 0 Å². The Balaban J connectivity index is 1.79.